The highest BCUT2D eigenvalue weighted by Crippen LogP contribution is 2.35. The van der Waals surface area contributed by atoms with Crippen LogP contribution in [0.1, 0.15) is 69.9 Å². The first-order valence-corrected chi connectivity index (χ1v) is 9.06. The van der Waals surface area contributed by atoms with Crippen molar-refractivity contribution < 1.29 is 9.59 Å². The summed E-state index contributed by atoms with van der Waals surface area (Å²) in [5.41, 5.74) is 3.21. The number of anilines is 1. The summed E-state index contributed by atoms with van der Waals surface area (Å²) < 4.78 is 0. The van der Waals surface area contributed by atoms with Crippen LogP contribution in [-0.4, -0.2) is 17.0 Å². The number of hydrogen-bond acceptors (Lipinski definition) is 2. The average Bonchev–Trinajstić information content (AvgIpc) is 2.53. The van der Waals surface area contributed by atoms with Gasteiger partial charge in [0.15, 0.2) is 5.78 Å². The highest BCUT2D eigenvalue weighted by molar-refractivity contribution is 9.09. The van der Waals surface area contributed by atoms with Gasteiger partial charge in [-0.2, -0.15) is 0 Å². The van der Waals surface area contributed by atoms with Crippen LogP contribution in [0.4, 0.5) is 5.69 Å². The Morgan fingerprint density at radius 1 is 1.09 bits per heavy atom. The molecule has 0 aromatic heterocycles. The zero-order valence-corrected chi connectivity index (χ0v) is 15.5. The summed E-state index contributed by atoms with van der Waals surface area (Å²) in [4.78, 5) is 23.6. The lowest BCUT2D eigenvalue weighted by molar-refractivity contribution is -0.123. The topological polar surface area (TPSA) is 46.2 Å². The van der Waals surface area contributed by atoms with Crippen LogP contribution in [0.3, 0.4) is 0 Å². The first kappa shape index (κ1) is 18.9. The summed E-state index contributed by atoms with van der Waals surface area (Å²) in [6, 6.07) is 6.20. The molecule has 122 valence electrons. The molecule has 3 nitrogen and oxygen atoms in total. The normalized spacial score (nSPS) is 13.5. The van der Waals surface area contributed by atoms with Gasteiger partial charge in [0.25, 0.3) is 0 Å². The third kappa shape index (κ3) is 4.94. The molecule has 1 amide bonds. The number of Topliss-reactive ketones (excluding diaryl/α,β-unsaturated/α-hetero) is 1. The summed E-state index contributed by atoms with van der Waals surface area (Å²) >= 11 is 3.10. The van der Waals surface area contributed by atoms with Gasteiger partial charge in [-0.1, -0.05) is 61.8 Å². The van der Waals surface area contributed by atoms with Crippen molar-refractivity contribution in [2.75, 3.05) is 10.6 Å². The Kier molecular flexibility index (Phi) is 7.80. The van der Waals surface area contributed by atoms with Crippen molar-refractivity contribution in [1.29, 1.82) is 0 Å². The van der Waals surface area contributed by atoms with E-state index in [2.05, 4.69) is 67.1 Å². The van der Waals surface area contributed by atoms with E-state index >= 15 is 0 Å². The Hall–Kier alpha value is -1.16. The van der Waals surface area contributed by atoms with Gasteiger partial charge in [-0.25, -0.2) is 0 Å². The minimum absolute atomic E-state index is 0.0833. The van der Waals surface area contributed by atoms with Crippen LogP contribution in [0, 0.1) is 0 Å². The number of alkyl halides is 1. The SMILES string of the molecule is CCC(C)c1cccc(C(C)CC)c1NC(=O)CC(=O)CBr. The maximum absolute atomic E-state index is 12.2. The third-order valence-corrected chi connectivity index (χ3v) is 4.81. The van der Waals surface area contributed by atoms with E-state index in [-0.39, 0.29) is 23.4 Å². The molecule has 2 unspecified atom stereocenters. The van der Waals surface area contributed by atoms with Gasteiger partial charge in [0.05, 0.1) is 11.8 Å². The number of benzene rings is 1. The molecule has 0 aliphatic heterocycles. The first-order chi connectivity index (χ1) is 10.4. The molecular weight excluding hydrogens is 342 g/mol. The molecule has 2 atom stereocenters. The van der Waals surface area contributed by atoms with E-state index in [0.29, 0.717) is 11.8 Å². The predicted molar refractivity (Wildman–Crippen MR) is 95.9 cm³/mol. The fourth-order valence-corrected chi connectivity index (χ4v) is 2.60. The van der Waals surface area contributed by atoms with Gasteiger partial charge in [-0.3, -0.25) is 9.59 Å². The minimum atomic E-state index is -0.232. The molecule has 0 saturated heterocycles. The van der Waals surface area contributed by atoms with Gasteiger partial charge < -0.3 is 5.32 Å². The number of carbonyl (C=O) groups is 2. The average molecular weight is 368 g/mol. The molecule has 1 aromatic rings. The Bertz CT molecular complexity index is 500. The van der Waals surface area contributed by atoms with Gasteiger partial charge in [-0.15, -0.1) is 0 Å². The summed E-state index contributed by atoms with van der Waals surface area (Å²) in [5.74, 6) is 0.394. The number of hydrogen-bond donors (Lipinski definition) is 1. The van der Waals surface area contributed by atoms with Crippen molar-refractivity contribution in [3.63, 3.8) is 0 Å². The zero-order chi connectivity index (χ0) is 16.7. The molecule has 0 aliphatic rings. The molecule has 4 heteroatoms. The molecule has 1 rings (SSSR count). The fourth-order valence-electron chi connectivity index (χ4n) is 2.40. The lowest BCUT2D eigenvalue weighted by atomic mass is 9.89. The Labute approximate surface area is 142 Å². The van der Waals surface area contributed by atoms with Gasteiger partial charge in [0.1, 0.15) is 0 Å². The monoisotopic (exact) mass is 367 g/mol. The number of carbonyl (C=O) groups excluding carboxylic acids is 2. The molecular formula is C18H26BrNO2. The number of amides is 1. The first-order valence-electron chi connectivity index (χ1n) is 7.94. The highest BCUT2D eigenvalue weighted by Gasteiger charge is 2.19. The number of halogens is 1. The molecule has 0 saturated carbocycles. The molecule has 0 fully saturated rings. The second-order valence-corrected chi connectivity index (χ2v) is 6.39. The van der Waals surface area contributed by atoms with Crippen LogP contribution in [-0.2, 0) is 9.59 Å². The molecule has 0 radical (unpaired) electrons. The van der Waals surface area contributed by atoms with Crippen molar-refractivity contribution in [2.45, 2.75) is 58.8 Å². The van der Waals surface area contributed by atoms with Gasteiger partial charge in [0.2, 0.25) is 5.91 Å². The molecule has 22 heavy (non-hydrogen) atoms. The molecule has 1 aromatic carbocycles. The summed E-state index contributed by atoms with van der Waals surface area (Å²) in [7, 11) is 0. The van der Waals surface area contributed by atoms with E-state index in [1.807, 2.05) is 0 Å². The van der Waals surface area contributed by atoms with E-state index in [4.69, 9.17) is 0 Å². The largest absolute Gasteiger partial charge is 0.325 e. The summed E-state index contributed by atoms with van der Waals surface area (Å²) in [6.07, 6.45) is 1.93. The standard InChI is InChI=1S/C18H26BrNO2/c1-5-12(3)15-8-7-9-16(13(4)6-2)18(15)20-17(22)10-14(21)11-19/h7-9,12-13H,5-6,10-11H2,1-4H3,(H,20,22). The maximum atomic E-state index is 12.2. The van der Waals surface area contributed by atoms with Crippen LogP contribution in [0.2, 0.25) is 0 Å². The van der Waals surface area contributed by atoms with Crippen LogP contribution >= 0.6 is 15.9 Å². The van der Waals surface area contributed by atoms with Crippen molar-refractivity contribution >= 4 is 33.3 Å². The minimum Gasteiger partial charge on any atom is -0.325 e. The molecule has 0 spiro atoms. The highest BCUT2D eigenvalue weighted by atomic mass is 79.9. The predicted octanol–water partition coefficient (Wildman–Crippen LogP) is 5.01. The van der Waals surface area contributed by atoms with E-state index in [9.17, 15) is 9.59 Å². The smallest absolute Gasteiger partial charge is 0.231 e. The molecule has 0 bridgehead atoms. The van der Waals surface area contributed by atoms with Gasteiger partial charge >= 0.3 is 0 Å². The second kappa shape index (κ2) is 9.09. The Morgan fingerprint density at radius 2 is 1.59 bits per heavy atom. The van der Waals surface area contributed by atoms with Gasteiger partial charge in [-0.05, 0) is 35.8 Å². The van der Waals surface area contributed by atoms with Crippen molar-refractivity contribution in [1.82, 2.24) is 0 Å². The van der Waals surface area contributed by atoms with Gasteiger partial charge in [0, 0.05) is 5.69 Å². The Balaban J connectivity index is 3.16. The second-order valence-electron chi connectivity index (χ2n) is 5.83. The van der Waals surface area contributed by atoms with Crippen molar-refractivity contribution in [3.8, 4) is 0 Å². The quantitative estimate of drug-likeness (QED) is 0.518. The third-order valence-electron chi connectivity index (χ3n) is 4.19. The van der Waals surface area contributed by atoms with E-state index in [1.54, 1.807) is 0 Å². The van der Waals surface area contributed by atoms with E-state index < -0.39 is 0 Å². The fraction of sp³-hybridized carbons (Fsp3) is 0.556. The van der Waals surface area contributed by atoms with E-state index in [0.717, 1.165) is 29.7 Å². The zero-order valence-electron chi connectivity index (χ0n) is 13.9. The number of rotatable bonds is 8. The van der Waals surface area contributed by atoms with Crippen molar-refractivity contribution in [2.24, 2.45) is 0 Å². The van der Waals surface area contributed by atoms with Crippen LogP contribution < -0.4 is 5.32 Å². The Morgan fingerprint density at radius 3 is 2.00 bits per heavy atom. The van der Waals surface area contributed by atoms with E-state index in [1.165, 1.54) is 0 Å². The van der Waals surface area contributed by atoms with Crippen LogP contribution in [0.5, 0.6) is 0 Å². The van der Waals surface area contributed by atoms with Crippen LogP contribution in [0.15, 0.2) is 18.2 Å². The molecule has 1 N–H and O–H groups in total. The van der Waals surface area contributed by atoms with Crippen LogP contribution in [0.25, 0.3) is 0 Å². The lowest BCUT2D eigenvalue weighted by Crippen LogP contribution is -2.19. The molecule has 0 aliphatic carbocycles. The number of ketones is 1. The molecule has 0 heterocycles. The number of para-hydroxylation sites is 1. The number of nitrogens with one attached hydrogen (secondary N) is 1. The summed E-state index contributed by atoms with van der Waals surface area (Å²) in [6.45, 7) is 8.60. The summed E-state index contributed by atoms with van der Waals surface area (Å²) in [5, 5.41) is 3.21. The van der Waals surface area contributed by atoms with Crippen molar-refractivity contribution in [3.05, 3.63) is 29.3 Å². The lowest BCUT2D eigenvalue weighted by Gasteiger charge is -2.22. The maximum Gasteiger partial charge on any atom is 0.231 e.